The Balaban J connectivity index is 1.52. The van der Waals surface area contributed by atoms with Crippen LogP contribution in [0, 0.1) is 6.92 Å². The van der Waals surface area contributed by atoms with E-state index in [1.165, 1.54) is 5.56 Å². The molecule has 0 radical (unpaired) electrons. The highest BCUT2D eigenvalue weighted by atomic mass is 14.9. The molecular weight excluding hydrogens is 440 g/mol. The monoisotopic (exact) mass is 472 g/mol. The Morgan fingerprint density at radius 2 is 1.28 bits per heavy atom. The lowest BCUT2D eigenvalue weighted by Crippen LogP contribution is -2.02. The lowest BCUT2D eigenvalue weighted by Gasteiger charge is -2.10. The van der Waals surface area contributed by atoms with Gasteiger partial charge in [0, 0.05) is 23.8 Å². The molecule has 0 fully saturated rings. The van der Waals surface area contributed by atoms with Crippen molar-refractivity contribution in [3.8, 4) is 0 Å². The zero-order chi connectivity index (χ0) is 25.7. The van der Waals surface area contributed by atoms with Gasteiger partial charge in [0.2, 0.25) is 0 Å². The molecule has 0 unspecified atom stereocenters. The number of nitrogens with two attached hydrogens (primary N) is 2. The second-order valence-corrected chi connectivity index (χ2v) is 8.90. The molecular formula is C32H32N4. The van der Waals surface area contributed by atoms with Gasteiger partial charge >= 0.3 is 0 Å². The van der Waals surface area contributed by atoms with Gasteiger partial charge in [0.05, 0.1) is 11.4 Å². The molecule has 0 saturated heterocycles. The zero-order valence-electron chi connectivity index (χ0n) is 20.8. The van der Waals surface area contributed by atoms with Gasteiger partial charge < -0.3 is 22.1 Å². The molecule has 4 rings (SSSR count). The molecule has 0 heterocycles. The maximum absolute atomic E-state index is 6.41. The van der Waals surface area contributed by atoms with Crippen molar-refractivity contribution in [2.45, 2.75) is 13.8 Å². The highest BCUT2D eigenvalue weighted by Gasteiger charge is 2.04. The average Bonchev–Trinajstić information content (AvgIpc) is 2.89. The van der Waals surface area contributed by atoms with E-state index in [1.807, 2.05) is 67.9 Å². The summed E-state index contributed by atoms with van der Waals surface area (Å²) >= 11 is 0. The topological polar surface area (TPSA) is 76.1 Å². The summed E-state index contributed by atoms with van der Waals surface area (Å²) in [7, 11) is 0. The van der Waals surface area contributed by atoms with Gasteiger partial charge in [-0.3, -0.25) is 0 Å². The molecule has 0 atom stereocenters. The predicted molar refractivity (Wildman–Crippen MR) is 158 cm³/mol. The van der Waals surface area contributed by atoms with Crippen molar-refractivity contribution < 1.29 is 0 Å². The van der Waals surface area contributed by atoms with Crippen molar-refractivity contribution >= 4 is 45.2 Å². The van der Waals surface area contributed by atoms with Crippen molar-refractivity contribution in [2.75, 3.05) is 10.6 Å². The average molecular weight is 473 g/mol. The highest BCUT2D eigenvalue weighted by Crippen LogP contribution is 2.24. The molecule has 0 spiro atoms. The van der Waals surface area contributed by atoms with Crippen LogP contribution >= 0.6 is 0 Å². The number of hydrogen-bond donors (Lipinski definition) is 4. The Morgan fingerprint density at radius 1 is 0.722 bits per heavy atom. The fourth-order valence-corrected chi connectivity index (χ4v) is 4.04. The number of aryl methyl sites for hydroxylation is 1. The molecule has 0 aliphatic rings. The Bertz CT molecular complexity index is 1490. The van der Waals surface area contributed by atoms with Gasteiger partial charge in [-0.05, 0) is 88.8 Å². The second kappa shape index (κ2) is 10.7. The standard InChI is InChI=1S/C32H32N4/c1-5-23-6-12-28(13-7-23)35-19-31(33)25-10-8-24-9-11-26(18-27(24)17-25)32(34)20-36-29-14-15-30(21(2)3)22(4)16-29/h5-20,35-36H,1-2,33-34H2,3-4H3/b31-19-,32-20-. The van der Waals surface area contributed by atoms with Gasteiger partial charge in [-0.25, -0.2) is 0 Å². The van der Waals surface area contributed by atoms with Gasteiger partial charge in [0.15, 0.2) is 0 Å². The van der Waals surface area contributed by atoms with Crippen LogP contribution in [0.15, 0.2) is 104 Å². The third-order valence-corrected chi connectivity index (χ3v) is 6.13. The van der Waals surface area contributed by atoms with Gasteiger partial charge in [-0.15, -0.1) is 0 Å². The summed E-state index contributed by atoms with van der Waals surface area (Å²) in [5, 5.41) is 8.75. The molecule has 0 aliphatic heterocycles. The van der Waals surface area contributed by atoms with Crippen LogP contribution in [-0.4, -0.2) is 0 Å². The van der Waals surface area contributed by atoms with Crippen molar-refractivity contribution in [3.05, 3.63) is 132 Å². The second-order valence-electron chi connectivity index (χ2n) is 8.90. The fourth-order valence-electron chi connectivity index (χ4n) is 4.04. The summed E-state index contributed by atoms with van der Waals surface area (Å²) in [6, 6.07) is 26.5. The van der Waals surface area contributed by atoms with Gasteiger partial charge in [-0.2, -0.15) is 0 Å². The summed E-state index contributed by atoms with van der Waals surface area (Å²) in [6.45, 7) is 11.9. The van der Waals surface area contributed by atoms with Crippen LogP contribution in [0.1, 0.15) is 34.7 Å². The Labute approximate surface area is 213 Å². The van der Waals surface area contributed by atoms with Crippen LogP contribution in [0.2, 0.25) is 0 Å². The number of allylic oxidation sites excluding steroid dienone is 1. The van der Waals surface area contributed by atoms with E-state index >= 15 is 0 Å². The maximum Gasteiger partial charge on any atom is 0.0550 e. The number of nitrogens with one attached hydrogen (secondary N) is 2. The minimum absolute atomic E-state index is 0.647. The smallest absolute Gasteiger partial charge is 0.0550 e. The number of anilines is 2. The van der Waals surface area contributed by atoms with E-state index < -0.39 is 0 Å². The van der Waals surface area contributed by atoms with E-state index in [0.717, 1.165) is 50.0 Å². The summed E-state index contributed by atoms with van der Waals surface area (Å²) in [5.41, 5.74) is 22.4. The summed E-state index contributed by atoms with van der Waals surface area (Å²) in [5.74, 6) is 0. The van der Waals surface area contributed by atoms with Gasteiger partial charge in [0.25, 0.3) is 0 Å². The minimum atomic E-state index is 0.647. The molecule has 36 heavy (non-hydrogen) atoms. The third kappa shape index (κ3) is 5.68. The molecule has 4 heteroatoms. The molecule has 0 amide bonds. The number of fused-ring (bicyclic) bond motifs is 1. The van der Waals surface area contributed by atoms with E-state index in [-0.39, 0.29) is 0 Å². The van der Waals surface area contributed by atoms with Crippen LogP contribution < -0.4 is 22.1 Å². The van der Waals surface area contributed by atoms with Crippen LogP contribution in [0.5, 0.6) is 0 Å². The first-order valence-electron chi connectivity index (χ1n) is 11.8. The molecule has 4 nitrogen and oxygen atoms in total. The zero-order valence-corrected chi connectivity index (χ0v) is 20.8. The van der Waals surface area contributed by atoms with E-state index in [0.29, 0.717) is 11.4 Å². The van der Waals surface area contributed by atoms with Crippen molar-refractivity contribution in [2.24, 2.45) is 11.5 Å². The molecule has 180 valence electrons. The molecule has 0 saturated carbocycles. The highest BCUT2D eigenvalue weighted by molar-refractivity contribution is 5.89. The Kier molecular flexibility index (Phi) is 7.26. The quantitative estimate of drug-likeness (QED) is 0.213. The summed E-state index contributed by atoms with van der Waals surface area (Å²) in [6.07, 6.45) is 5.46. The van der Waals surface area contributed by atoms with Crippen LogP contribution in [-0.2, 0) is 0 Å². The van der Waals surface area contributed by atoms with Crippen molar-refractivity contribution in [3.63, 3.8) is 0 Å². The van der Waals surface area contributed by atoms with E-state index in [1.54, 1.807) is 0 Å². The first-order valence-corrected chi connectivity index (χ1v) is 11.8. The van der Waals surface area contributed by atoms with Crippen LogP contribution in [0.3, 0.4) is 0 Å². The lowest BCUT2D eigenvalue weighted by molar-refractivity contribution is 1.40. The fraction of sp³-hybridized carbons (Fsp3) is 0.0625. The van der Waals surface area contributed by atoms with E-state index in [4.69, 9.17) is 11.5 Å². The first kappa shape index (κ1) is 24.4. The van der Waals surface area contributed by atoms with Crippen LogP contribution in [0.4, 0.5) is 11.4 Å². The normalized spacial score (nSPS) is 11.8. The van der Waals surface area contributed by atoms with Gasteiger partial charge in [-0.1, -0.05) is 67.3 Å². The first-order chi connectivity index (χ1) is 17.3. The number of rotatable bonds is 8. The molecule has 0 aliphatic carbocycles. The predicted octanol–water partition coefficient (Wildman–Crippen LogP) is 7.56. The number of hydrogen-bond acceptors (Lipinski definition) is 4. The van der Waals surface area contributed by atoms with Crippen molar-refractivity contribution in [1.29, 1.82) is 0 Å². The third-order valence-electron chi connectivity index (χ3n) is 6.13. The van der Waals surface area contributed by atoms with Crippen LogP contribution in [0.25, 0.3) is 33.8 Å². The maximum atomic E-state index is 6.41. The SMILES string of the molecule is C=Cc1ccc(N/C=C(\N)c2ccc3ccc(/C(N)=C/Nc4ccc(C(=C)C)c(C)c4)cc3c2)cc1. The molecule has 4 aromatic rings. The molecule has 4 aromatic carbocycles. The largest absolute Gasteiger partial charge is 0.397 e. The summed E-state index contributed by atoms with van der Waals surface area (Å²) in [4.78, 5) is 0. The molecule has 0 bridgehead atoms. The Morgan fingerprint density at radius 3 is 1.81 bits per heavy atom. The molecule has 0 aromatic heterocycles. The Hall–Kier alpha value is -4.70. The number of benzene rings is 4. The van der Waals surface area contributed by atoms with Crippen molar-refractivity contribution in [1.82, 2.24) is 0 Å². The van der Waals surface area contributed by atoms with E-state index in [9.17, 15) is 0 Å². The molecule has 6 N–H and O–H groups in total. The van der Waals surface area contributed by atoms with E-state index in [2.05, 4.69) is 67.1 Å². The minimum Gasteiger partial charge on any atom is -0.397 e. The van der Waals surface area contributed by atoms with Gasteiger partial charge in [0.1, 0.15) is 0 Å². The lowest BCUT2D eigenvalue weighted by atomic mass is 10.0. The summed E-state index contributed by atoms with van der Waals surface area (Å²) < 4.78 is 0.